The molecule has 2 aromatic heterocycles. The fourth-order valence-electron chi connectivity index (χ4n) is 3.82. The van der Waals surface area contributed by atoms with Crippen LogP contribution in [0.15, 0.2) is 48.9 Å². The van der Waals surface area contributed by atoms with Gasteiger partial charge in [0, 0.05) is 36.7 Å². The third-order valence-corrected chi connectivity index (χ3v) is 5.71. The summed E-state index contributed by atoms with van der Waals surface area (Å²) in [4.78, 5) is 15.3. The van der Waals surface area contributed by atoms with E-state index in [4.69, 9.17) is 14.7 Å². The van der Waals surface area contributed by atoms with Crippen LogP contribution in [0, 0.1) is 11.3 Å². The summed E-state index contributed by atoms with van der Waals surface area (Å²) < 4.78 is 10.9. The van der Waals surface area contributed by atoms with E-state index in [1.54, 1.807) is 7.11 Å². The van der Waals surface area contributed by atoms with E-state index in [1.807, 2.05) is 36.5 Å². The molecule has 1 aromatic carbocycles. The highest BCUT2D eigenvalue weighted by Crippen LogP contribution is 2.33. The minimum absolute atomic E-state index is 0.270. The summed E-state index contributed by atoms with van der Waals surface area (Å²) in [5.74, 6) is 1.96. The second-order valence-corrected chi connectivity index (χ2v) is 8.23. The number of ether oxygens (including phenoxy) is 2. The summed E-state index contributed by atoms with van der Waals surface area (Å²) in [5, 5.41) is 15.9. The van der Waals surface area contributed by atoms with E-state index in [9.17, 15) is 0 Å². The largest absolute Gasteiger partial charge is 0.491 e. The van der Waals surface area contributed by atoms with Gasteiger partial charge in [0.25, 0.3) is 0 Å². The molecule has 34 heavy (non-hydrogen) atoms. The first-order valence-electron chi connectivity index (χ1n) is 11.3. The van der Waals surface area contributed by atoms with Crippen LogP contribution >= 0.6 is 0 Å². The van der Waals surface area contributed by atoms with Gasteiger partial charge in [-0.3, -0.25) is 0 Å². The predicted octanol–water partition coefficient (Wildman–Crippen LogP) is 3.69. The molecule has 0 atom stereocenters. The average Bonchev–Trinajstić information content (AvgIpc) is 2.86. The zero-order valence-electron chi connectivity index (χ0n) is 19.5. The van der Waals surface area contributed by atoms with Crippen molar-refractivity contribution in [1.29, 1.82) is 5.26 Å². The SMILES string of the molecule is COCCOc1cccc(-c2cnc(Nc3cnc(C#N)cn3)cc2NC2CCN(C)CC2)c1. The summed E-state index contributed by atoms with van der Waals surface area (Å²) in [6, 6.07) is 12.3. The smallest absolute Gasteiger partial charge is 0.158 e. The molecule has 3 aromatic rings. The lowest BCUT2D eigenvalue weighted by molar-refractivity contribution is 0.146. The standard InChI is InChI=1S/C25H29N7O2/c1-32-8-6-19(7-9-32)30-23-13-24(31-25-17-27-20(14-26)15-28-25)29-16-22(23)18-4-3-5-21(12-18)34-11-10-33-2/h3-5,12-13,15-17,19H,6-11H2,1-2H3,(H2,28,29,30,31). The molecule has 0 amide bonds. The van der Waals surface area contributed by atoms with Crippen molar-refractivity contribution in [3.8, 4) is 22.9 Å². The van der Waals surface area contributed by atoms with Crippen molar-refractivity contribution in [1.82, 2.24) is 19.9 Å². The van der Waals surface area contributed by atoms with E-state index < -0.39 is 0 Å². The Bertz CT molecular complexity index is 1120. The van der Waals surface area contributed by atoms with Gasteiger partial charge in [-0.25, -0.2) is 15.0 Å². The number of anilines is 3. The number of pyridine rings is 1. The van der Waals surface area contributed by atoms with Gasteiger partial charge in [-0.05, 0) is 50.7 Å². The second-order valence-electron chi connectivity index (χ2n) is 8.23. The Morgan fingerprint density at radius 1 is 1.06 bits per heavy atom. The van der Waals surface area contributed by atoms with Crippen LogP contribution in [0.5, 0.6) is 5.75 Å². The topological polar surface area (TPSA) is 108 Å². The molecule has 1 saturated heterocycles. The molecule has 1 aliphatic heterocycles. The van der Waals surface area contributed by atoms with E-state index >= 15 is 0 Å². The van der Waals surface area contributed by atoms with E-state index in [0.29, 0.717) is 30.9 Å². The lowest BCUT2D eigenvalue weighted by Gasteiger charge is -2.31. The number of hydrogen-bond acceptors (Lipinski definition) is 9. The van der Waals surface area contributed by atoms with Crippen molar-refractivity contribution in [3.05, 3.63) is 54.6 Å². The van der Waals surface area contributed by atoms with E-state index in [0.717, 1.165) is 48.5 Å². The minimum Gasteiger partial charge on any atom is -0.491 e. The Kier molecular flexibility index (Phi) is 7.86. The van der Waals surface area contributed by atoms with Gasteiger partial charge in [-0.1, -0.05) is 12.1 Å². The first-order valence-corrected chi connectivity index (χ1v) is 11.3. The van der Waals surface area contributed by atoms with Crippen molar-refractivity contribution >= 4 is 17.3 Å². The maximum absolute atomic E-state index is 8.93. The molecule has 4 rings (SSSR count). The first kappa shape index (κ1) is 23.4. The van der Waals surface area contributed by atoms with Gasteiger partial charge in [-0.15, -0.1) is 0 Å². The summed E-state index contributed by atoms with van der Waals surface area (Å²) in [6.45, 7) is 3.15. The maximum atomic E-state index is 8.93. The molecule has 3 heterocycles. The molecule has 9 heteroatoms. The van der Waals surface area contributed by atoms with Crippen LogP contribution in [0.25, 0.3) is 11.1 Å². The van der Waals surface area contributed by atoms with Crippen LogP contribution in [0.1, 0.15) is 18.5 Å². The molecular weight excluding hydrogens is 430 g/mol. The molecule has 1 fully saturated rings. The van der Waals surface area contributed by atoms with Gasteiger partial charge < -0.3 is 25.0 Å². The number of nitrogens with zero attached hydrogens (tertiary/aromatic N) is 5. The maximum Gasteiger partial charge on any atom is 0.158 e. The summed E-state index contributed by atoms with van der Waals surface area (Å²) >= 11 is 0. The lowest BCUT2D eigenvalue weighted by Crippen LogP contribution is -2.36. The molecule has 0 unspecified atom stereocenters. The molecule has 0 spiro atoms. The number of nitrogens with one attached hydrogen (secondary N) is 2. The molecule has 0 saturated carbocycles. The van der Waals surface area contributed by atoms with Crippen LogP contribution in [-0.2, 0) is 4.74 Å². The number of benzene rings is 1. The molecule has 176 valence electrons. The number of likely N-dealkylation sites (tertiary alicyclic amines) is 1. The van der Waals surface area contributed by atoms with Crippen LogP contribution in [-0.4, -0.2) is 66.4 Å². The number of hydrogen-bond donors (Lipinski definition) is 2. The highest BCUT2D eigenvalue weighted by Gasteiger charge is 2.19. The van der Waals surface area contributed by atoms with Crippen molar-refractivity contribution in [2.75, 3.05) is 51.1 Å². The molecule has 0 aliphatic carbocycles. The van der Waals surface area contributed by atoms with Gasteiger partial charge >= 0.3 is 0 Å². The van der Waals surface area contributed by atoms with Crippen molar-refractivity contribution < 1.29 is 9.47 Å². The summed E-state index contributed by atoms with van der Waals surface area (Å²) in [7, 11) is 3.81. The van der Waals surface area contributed by atoms with E-state index in [1.165, 1.54) is 12.4 Å². The fourth-order valence-corrected chi connectivity index (χ4v) is 3.82. The van der Waals surface area contributed by atoms with Crippen LogP contribution < -0.4 is 15.4 Å². The number of piperidine rings is 1. The van der Waals surface area contributed by atoms with Crippen LogP contribution in [0.2, 0.25) is 0 Å². The molecule has 1 aliphatic rings. The van der Waals surface area contributed by atoms with E-state index in [2.05, 4.69) is 43.6 Å². The molecule has 2 N–H and O–H groups in total. The third kappa shape index (κ3) is 6.19. The quantitative estimate of drug-likeness (QED) is 0.463. The highest BCUT2D eigenvalue weighted by atomic mass is 16.5. The Labute approximate surface area is 199 Å². The Hall–Kier alpha value is -3.74. The number of rotatable bonds is 9. The summed E-state index contributed by atoms with van der Waals surface area (Å²) in [6.07, 6.45) is 6.96. The lowest BCUT2D eigenvalue weighted by atomic mass is 10.0. The Balaban J connectivity index is 1.60. The first-order chi connectivity index (χ1) is 16.6. The fraction of sp³-hybridized carbons (Fsp3) is 0.360. The van der Waals surface area contributed by atoms with Gasteiger partial charge in [0.2, 0.25) is 0 Å². The normalized spacial score (nSPS) is 14.4. The molecular formula is C25H29N7O2. The summed E-state index contributed by atoms with van der Waals surface area (Å²) in [5.41, 5.74) is 3.27. The zero-order valence-corrected chi connectivity index (χ0v) is 19.5. The average molecular weight is 460 g/mol. The van der Waals surface area contributed by atoms with Crippen LogP contribution in [0.4, 0.5) is 17.3 Å². The number of methoxy groups -OCH3 is 1. The number of aromatic nitrogens is 3. The Morgan fingerprint density at radius 3 is 2.62 bits per heavy atom. The predicted molar refractivity (Wildman–Crippen MR) is 131 cm³/mol. The third-order valence-electron chi connectivity index (χ3n) is 5.71. The van der Waals surface area contributed by atoms with Crippen molar-refractivity contribution in [2.24, 2.45) is 0 Å². The highest BCUT2D eigenvalue weighted by molar-refractivity contribution is 5.80. The van der Waals surface area contributed by atoms with Crippen LogP contribution in [0.3, 0.4) is 0 Å². The van der Waals surface area contributed by atoms with Crippen molar-refractivity contribution in [2.45, 2.75) is 18.9 Å². The molecule has 0 bridgehead atoms. The number of nitriles is 1. The minimum atomic E-state index is 0.270. The van der Waals surface area contributed by atoms with Gasteiger partial charge in [0.15, 0.2) is 5.69 Å². The van der Waals surface area contributed by atoms with Crippen molar-refractivity contribution in [3.63, 3.8) is 0 Å². The van der Waals surface area contributed by atoms with Gasteiger partial charge in [0.1, 0.15) is 30.1 Å². The van der Waals surface area contributed by atoms with Gasteiger partial charge in [0.05, 0.1) is 19.0 Å². The van der Waals surface area contributed by atoms with E-state index in [-0.39, 0.29) is 5.69 Å². The monoisotopic (exact) mass is 459 g/mol. The van der Waals surface area contributed by atoms with Gasteiger partial charge in [-0.2, -0.15) is 5.26 Å². The molecule has 0 radical (unpaired) electrons. The molecule has 9 nitrogen and oxygen atoms in total. The Morgan fingerprint density at radius 2 is 1.88 bits per heavy atom. The zero-order chi connectivity index (χ0) is 23.8. The second kappa shape index (κ2) is 11.4.